The van der Waals surface area contributed by atoms with E-state index in [0.29, 0.717) is 11.4 Å². The third-order valence-electron chi connectivity index (χ3n) is 1.22. The average Bonchev–Trinajstić information content (AvgIpc) is 2.04. The van der Waals surface area contributed by atoms with Crippen molar-refractivity contribution in [1.82, 2.24) is 4.98 Å². The zero-order chi connectivity index (χ0) is 8.27. The summed E-state index contributed by atoms with van der Waals surface area (Å²) in [6, 6.07) is 3.53. The highest BCUT2D eigenvalue weighted by Crippen LogP contribution is 2.13. The van der Waals surface area contributed by atoms with Crippen molar-refractivity contribution in [3.05, 3.63) is 24.0 Å². The Morgan fingerprint density at radius 1 is 1.73 bits per heavy atom. The summed E-state index contributed by atoms with van der Waals surface area (Å²) in [6.07, 6.45) is 1.62. The fraction of sp³-hybridized carbons (Fsp3) is 0.143. The van der Waals surface area contributed by atoms with E-state index in [1.165, 1.54) is 0 Å². The van der Waals surface area contributed by atoms with Crippen molar-refractivity contribution in [2.24, 2.45) is 5.73 Å². The standard InChI is InChI=1S/C7H8N2OS/c1-10-5-3-2-4-9-6(5)7(8)11/h2-4H,1H3,(H2,8,11). The third kappa shape index (κ3) is 1.65. The molecule has 0 saturated carbocycles. The lowest BCUT2D eigenvalue weighted by molar-refractivity contribution is 0.412. The monoisotopic (exact) mass is 168 g/mol. The smallest absolute Gasteiger partial charge is 0.147 e. The number of rotatable bonds is 2. The molecule has 0 aromatic carbocycles. The van der Waals surface area contributed by atoms with Crippen LogP contribution in [-0.2, 0) is 0 Å². The number of nitrogens with zero attached hydrogens (tertiary/aromatic N) is 1. The average molecular weight is 168 g/mol. The molecule has 0 atom stereocenters. The van der Waals surface area contributed by atoms with Crippen molar-refractivity contribution in [3.63, 3.8) is 0 Å². The van der Waals surface area contributed by atoms with Crippen molar-refractivity contribution in [3.8, 4) is 5.75 Å². The van der Waals surface area contributed by atoms with Crippen molar-refractivity contribution in [2.45, 2.75) is 0 Å². The highest BCUT2D eigenvalue weighted by Gasteiger charge is 2.04. The molecule has 0 bridgehead atoms. The maximum atomic E-state index is 5.38. The van der Waals surface area contributed by atoms with Gasteiger partial charge in [0.15, 0.2) is 0 Å². The number of aromatic nitrogens is 1. The molecule has 3 nitrogen and oxygen atoms in total. The number of hydrogen-bond acceptors (Lipinski definition) is 3. The van der Waals surface area contributed by atoms with Crippen LogP contribution in [0.2, 0.25) is 0 Å². The molecule has 1 heterocycles. The molecule has 2 N–H and O–H groups in total. The van der Waals surface area contributed by atoms with E-state index in [4.69, 9.17) is 22.7 Å². The molecule has 58 valence electrons. The Labute approximate surface area is 70.2 Å². The van der Waals surface area contributed by atoms with E-state index in [0.717, 1.165) is 0 Å². The van der Waals surface area contributed by atoms with Crippen molar-refractivity contribution in [1.29, 1.82) is 0 Å². The highest BCUT2D eigenvalue weighted by atomic mass is 32.1. The Hall–Kier alpha value is -1.16. The molecule has 0 saturated heterocycles. The van der Waals surface area contributed by atoms with Gasteiger partial charge in [-0.2, -0.15) is 0 Å². The molecular weight excluding hydrogens is 160 g/mol. The molecule has 1 aromatic heterocycles. The molecule has 11 heavy (non-hydrogen) atoms. The van der Waals surface area contributed by atoms with Gasteiger partial charge in [0.2, 0.25) is 0 Å². The minimum atomic E-state index is 0.252. The van der Waals surface area contributed by atoms with Crippen LogP contribution in [0.15, 0.2) is 18.3 Å². The first-order valence-corrected chi connectivity index (χ1v) is 3.45. The Morgan fingerprint density at radius 3 is 2.91 bits per heavy atom. The molecule has 0 aliphatic carbocycles. The van der Waals surface area contributed by atoms with Crippen LogP contribution in [0.1, 0.15) is 5.69 Å². The first kappa shape index (κ1) is 7.94. The van der Waals surface area contributed by atoms with Gasteiger partial charge >= 0.3 is 0 Å². The van der Waals surface area contributed by atoms with Crippen LogP contribution in [0.25, 0.3) is 0 Å². The molecule has 0 spiro atoms. The SMILES string of the molecule is COc1cccnc1C(N)=S. The Bertz CT molecular complexity index is 275. The maximum Gasteiger partial charge on any atom is 0.147 e. The van der Waals surface area contributed by atoms with Crippen molar-refractivity contribution >= 4 is 17.2 Å². The van der Waals surface area contributed by atoms with Gasteiger partial charge < -0.3 is 10.5 Å². The molecule has 0 fully saturated rings. The predicted molar refractivity (Wildman–Crippen MR) is 46.7 cm³/mol. The fourth-order valence-electron chi connectivity index (χ4n) is 0.740. The lowest BCUT2D eigenvalue weighted by Gasteiger charge is -2.03. The Kier molecular flexibility index (Phi) is 2.38. The lowest BCUT2D eigenvalue weighted by Crippen LogP contribution is -2.12. The zero-order valence-electron chi connectivity index (χ0n) is 6.07. The van der Waals surface area contributed by atoms with E-state index in [1.807, 2.05) is 0 Å². The van der Waals surface area contributed by atoms with Gasteiger partial charge in [0.05, 0.1) is 7.11 Å². The van der Waals surface area contributed by atoms with Crippen LogP contribution in [0.5, 0.6) is 5.75 Å². The summed E-state index contributed by atoms with van der Waals surface area (Å²) in [5.74, 6) is 0.611. The second kappa shape index (κ2) is 3.30. The Morgan fingerprint density at radius 2 is 2.45 bits per heavy atom. The van der Waals surface area contributed by atoms with Gasteiger partial charge in [-0.3, -0.25) is 0 Å². The van der Waals surface area contributed by atoms with Gasteiger partial charge in [-0.05, 0) is 12.1 Å². The highest BCUT2D eigenvalue weighted by molar-refractivity contribution is 7.80. The maximum absolute atomic E-state index is 5.38. The van der Waals surface area contributed by atoms with E-state index in [1.54, 1.807) is 25.4 Å². The quantitative estimate of drug-likeness (QED) is 0.661. The van der Waals surface area contributed by atoms with E-state index >= 15 is 0 Å². The number of hydrogen-bond donors (Lipinski definition) is 1. The topological polar surface area (TPSA) is 48.1 Å². The van der Waals surface area contributed by atoms with E-state index in [2.05, 4.69) is 4.98 Å². The van der Waals surface area contributed by atoms with Gasteiger partial charge in [-0.15, -0.1) is 0 Å². The number of ether oxygens (including phenoxy) is 1. The van der Waals surface area contributed by atoms with Gasteiger partial charge in [0, 0.05) is 6.20 Å². The summed E-state index contributed by atoms with van der Waals surface area (Å²) in [6.45, 7) is 0. The second-order valence-electron chi connectivity index (χ2n) is 1.92. The van der Waals surface area contributed by atoms with Crippen LogP contribution in [0.3, 0.4) is 0 Å². The summed E-state index contributed by atoms with van der Waals surface area (Å²) in [4.78, 5) is 4.21. The molecule has 0 unspecified atom stereocenters. The van der Waals surface area contributed by atoms with Gasteiger partial charge in [0.25, 0.3) is 0 Å². The number of methoxy groups -OCH3 is 1. The summed E-state index contributed by atoms with van der Waals surface area (Å²) < 4.78 is 4.98. The normalized spacial score (nSPS) is 9.18. The van der Waals surface area contributed by atoms with E-state index in [9.17, 15) is 0 Å². The number of nitrogens with two attached hydrogens (primary N) is 1. The minimum Gasteiger partial charge on any atom is -0.494 e. The summed E-state index contributed by atoms with van der Waals surface area (Å²) in [5, 5.41) is 0. The molecular formula is C7H8N2OS. The molecule has 0 amide bonds. The van der Waals surface area contributed by atoms with Gasteiger partial charge in [-0.25, -0.2) is 4.98 Å². The zero-order valence-corrected chi connectivity index (χ0v) is 6.89. The molecule has 0 aliphatic heterocycles. The fourth-order valence-corrected chi connectivity index (χ4v) is 0.894. The van der Waals surface area contributed by atoms with Crippen LogP contribution >= 0.6 is 12.2 Å². The van der Waals surface area contributed by atoms with Crippen molar-refractivity contribution in [2.75, 3.05) is 7.11 Å². The summed E-state index contributed by atoms with van der Waals surface area (Å²) in [7, 11) is 1.55. The predicted octanol–water partition coefficient (Wildman–Crippen LogP) is 0.724. The molecule has 0 radical (unpaired) electrons. The molecule has 1 rings (SSSR count). The summed E-state index contributed by atoms with van der Waals surface area (Å²) in [5.41, 5.74) is 5.91. The first-order valence-electron chi connectivity index (χ1n) is 3.04. The molecule has 1 aromatic rings. The first-order chi connectivity index (χ1) is 5.25. The van der Waals surface area contributed by atoms with Crippen LogP contribution in [-0.4, -0.2) is 17.1 Å². The van der Waals surface area contributed by atoms with Crippen LogP contribution in [0.4, 0.5) is 0 Å². The third-order valence-corrected chi connectivity index (χ3v) is 1.42. The number of pyridine rings is 1. The molecule has 4 heteroatoms. The van der Waals surface area contributed by atoms with E-state index in [-0.39, 0.29) is 4.99 Å². The largest absolute Gasteiger partial charge is 0.494 e. The number of thiocarbonyl (C=S) groups is 1. The van der Waals surface area contributed by atoms with Gasteiger partial charge in [0.1, 0.15) is 16.4 Å². The van der Waals surface area contributed by atoms with Crippen LogP contribution < -0.4 is 10.5 Å². The summed E-state index contributed by atoms with van der Waals surface area (Å²) >= 11 is 4.75. The second-order valence-corrected chi connectivity index (χ2v) is 2.36. The minimum absolute atomic E-state index is 0.252. The Balaban J connectivity index is 3.12. The van der Waals surface area contributed by atoms with Crippen LogP contribution in [0, 0.1) is 0 Å². The van der Waals surface area contributed by atoms with E-state index < -0.39 is 0 Å². The molecule has 0 aliphatic rings. The van der Waals surface area contributed by atoms with Crippen molar-refractivity contribution < 1.29 is 4.74 Å². The lowest BCUT2D eigenvalue weighted by atomic mass is 10.3. The van der Waals surface area contributed by atoms with Gasteiger partial charge in [-0.1, -0.05) is 12.2 Å².